The Morgan fingerprint density at radius 1 is 1.08 bits per heavy atom. The van der Waals surface area contributed by atoms with Gasteiger partial charge in [0.25, 0.3) is 0 Å². The van der Waals surface area contributed by atoms with Crippen LogP contribution in [0.5, 0.6) is 0 Å². The number of aryl methyl sites for hydroxylation is 2. The van der Waals surface area contributed by atoms with E-state index in [0.29, 0.717) is 29.4 Å². The lowest BCUT2D eigenvalue weighted by atomic mass is 10.1. The van der Waals surface area contributed by atoms with Crippen LogP contribution < -0.4 is 10.6 Å². The van der Waals surface area contributed by atoms with Crippen LogP contribution in [0.1, 0.15) is 24.1 Å². The molecule has 6 nitrogen and oxygen atoms in total. The second-order valence-corrected chi connectivity index (χ2v) is 18.4. The number of halogens is 6. The zero-order valence-corrected chi connectivity index (χ0v) is 23.1. The molecule has 0 aliphatic heterocycles. The zero-order valence-electron chi connectivity index (χ0n) is 20.5. The van der Waals surface area contributed by atoms with Crippen LogP contribution >= 0.6 is 21.8 Å². The van der Waals surface area contributed by atoms with Gasteiger partial charge in [-0.2, -0.15) is 10.1 Å². The Kier molecular flexibility index (Phi) is 7.18. The van der Waals surface area contributed by atoms with Crippen LogP contribution in [0.3, 0.4) is 0 Å². The fraction of sp³-hybridized carbons (Fsp3) is 0.409. The molecule has 36 heavy (non-hydrogen) atoms. The topological polar surface area (TPSA) is 72.9 Å². The number of nitrogens with zero attached hydrogens (tertiary/aromatic N) is 5. The predicted octanol–water partition coefficient (Wildman–Crippen LogP) is 8.33. The standard InChI is InChI=1S/C22H30ClF5N6SSi/c1-16-13-17(35(24,25,26,27)28)7-8-20(16)34(21-9-10-30-22(29)31-21)15-19-18(23)14-33(32-19)11-5-6-12-36(2,3)4/h7-10,13-14H,5-6,11-12,15H2,1-4H3,(H2,29,30,31). The van der Waals surface area contributed by atoms with Crippen molar-refractivity contribution in [3.63, 3.8) is 0 Å². The summed E-state index contributed by atoms with van der Waals surface area (Å²) in [7, 11) is -11.0. The van der Waals surface area contributed by atoms with Gasteiger partial charge in [0.1, 0.15) is 16.4 Å². The molecule has 0 radical (unpaired) electrons. The molecule has 0 saturated carbocycles. The normalized spacial score (nSPS) is 14.4. The number of nitrogens with two attached hydrogens (primary N) is 1. The lowest BCUT2D eigenvalue weighted by Crippen LogP contribution is -2.20. The molecule has 0 aliphatic carbocycles. The molecule has 2 heterocycles. The van der Waals surface area contributed by atoms with Crippen LogP contribution in [-0.4, -0.2) is 27.8 Å². The number of nitrogen functional groups attached to an aromatic ring is 1. The highest BCUT2D eigenvalue weighted by atomic mass is 35.5. The van der Waals surface area contributed by atoms with Crippen LogP contribution in [0, 0.1) is 6.92 Å². The highest BCUT2D eigenvalue weighted by molar-refractivity contribution is 8.45. The molecule has 3 aromatic rings. The fourth-order valence-electron chi connectivity index (χ4n) is 3.71. The summed E-state index contributed by atoms with van der Waals surface area (Å²) < 4.78 is 68.5. The van der Waals surface area contributed by atoms with E-state index in [2.05, 4.69) is 34.7 Å². The van der Waals surface area contributed by atoms with Gasteiger partial charge in [-0.05, 0) is 43.2 Å². The average Bonchev–Trinajstić information content (AvgIpc) is 3.06. The molecule has 14 heteroatoms. The van der Waals surface area contributed by atoms with Gasteiger partial charge >= 0.3 is 10.2 Å². The first-order chi connectivity index (χ1) is 16.3. The third-order valence-corrected chi connectivity index (χ3v) is 8.81. The summed E-state index contributed by atoms with van der Waals surface area (Å²) in [5, 5.41) is 4.92. The zero-order chi connectivity index (χ0) is 27.0. The Labute approximate surface area is 213 Å². The summed E-state index contributed by atoms with van der Waals surface area (Å²) >= 11 is 6.44. The number of aromatic nitrogens is 4. The first kappa shape index (κ1) is 28.2. The van der Waals surface area contributed by atoms with Gasteiger partial charge in [0, 0.05) is 32.7 Å². The van der Waals surface area contributed by atoms with Crippen molar-refractivity contribution in [3.8, 4) is 0 Å². The van der Waals surface area contributed by atoms with Crippen molar-refractivity contribution in [2.75, 3.05) is 10.6 Å². The lowest BCUT2D eigenvalue weighted by Gasteiger charge is -2.41. The largest absolute Gasteiger partial charge is 0.368 e. The maximum absolute atomic E-state index is 13.4. The molecule has 200 valence electrons. The van der Waals surface area contributed by atoms with Gasteiger partial charge in [-0.3, -0.25) is 4.68 Å². The monoisotopic (exact) mass is 568 g/mol. The second kappa shape index (κ2) is 9.17. The number of benzene rings is 1. The quantitative estimate of drug-likeness (QED) is 0.151. The number of unbranched alkanes of at least 4 members (excludes halogenated alkanes) is 1. The summed E-state index contributed by atoms with van der Waals surface area (Å²) in [6.45, 7) is 8.96. The smallest absolute Gasteiger partial charge is 0.310 e. The van der Waals surface area contributed by atoms with Gasteiger partial charge < -0.3 is 10.6 Å². The Bertz CT molecular complexity index is 1250. The van der Waals surface area contributed by atoms with E-state index in [-0.39, 0.29) is 29.6 Å². The van der Waals surface area contributed by atoms with Crippen LogP contribution in [0.4, 0.5) is 36.9 Å². The van der Waals surface area contributed by atoms with Gasteiger partial charge in [-0.15, -0.1) is 0 Å². The molecule has 2 aromatic heterocycles. The van der Waals surface area contributed by atoms with Crippen molar-refractivity contribution in [2.24, 2.45) is 0 Å². The maximum Gasteiger partial charge on any atom is 0.310 e. The second-order valence-electron chi connectivity index (χ2n) is 9.98. The summed E-state index contributed by atoms with van der Waals surface area (Å²) in [5.74, 6) is 0.198. The molecule has 0 aliphatic rings. The van der Waals surface area contributed by atoms with Crippen LogP contribution in [0.25, 0.3) is 0 Å². The van der Waals surface area contributed by atoms with E-state index in [0.717, 1.165) is 18.9 Å². The fourth-order valence-corrected chi connectivity index (χ4v) is 5.96. The maximum atomic E-state index is 13.4. The van der Waals surface area contributed by atoms with E-state index in [1.165, 1.54) is 30.1 Å². The van der Waals surface area contributed by atoms with Crippen molar-refractivity contribution in [3.05, 3.63) is 52.9 Å². The van der Waals surface area contributed by atoms with E-state index in [1.807, 2.05) is 0 Å². The highest BCUT2D eigenvalue weighted by Crippen LogP contribution is 3.02. The van der Waals surface area contributed by atoms with E-state index in [4.69, 9.17) is 17.3 Å². The average molecular weight is 569 g/mol. The first-order valence-corrected chi connectivity index (χ1v) is 17.3. The van der Waals surface area contributed by atoms with Crippen LogP contribution in [0.2, 0.25) is 30.7 Å². The molecular weight excluding hydrogens is 539 g/mol. The van der Waals surface area contributed by atoms with E-state index >= 15 is 0 Å². The molecule has 0 spiro atoms. The van der Waals surface area contributed by atoms with Gasteiger partial charge in [0.15, 0.2) is 0 Å². The minimum Gasteiger partial charge on any atom is -0.368 e. The van der Waals surface area contributed by atoms with Crippen molar-refractivity contribution in [1.29, 1.82) is 0 Å². The molecule has 0 atom stereocenters. The number of anilines is 3. The minimum atomic E-state index is -9.84. The van der Waals surface area contributed by atoms with Crippen LogP contribution in [-0.2, 0) is 13.1 Å². The molecular formula is C22H30ClF5N6SSi. The Balaban J connectivity index is 1.93. The number of hydrogen-bond donors (Lipinski definition) is 1. The molecule has 0 fully saturated rings. The summed E-state index contributed by atoms with van der Waals surface area (Å²) in [6.07, 6.45) is 5.10. The van der Waals surface area contributed by atoms with Gasteiger partial charge in [0.05, 0.1) is 11.6 Å². The Morgan fingerprint density at radius 2 is 1.78 bits per heavy atom. The third kappa shape index (κ3) is 7.56. The number of hydrogen-bond acceptors (Lipinski definition) is 5. The van der Waals surface area contributed by atoms with E-state index in [1.54, 1.807) is 10.9 Å². The van der Waals surface area contributed by atoms with E-state index < -0.39 is 23.2 Å². The van der Waals surface area contributed by atoms with Gasteiger partial charge in [0.2, 0.25) is 5.95 Å². The first-order valence-electron chi connectivity index (χ1n) is 11.2. The van der Waals surface area contributed by atoms with Gasteiger partial charge in [-0.25, -0.2) is 4.98 Å². The summed E-state index contributed by atoms with van der Waals surface area (Å²) in [4.78, 5) is 7.57. The highest BCUT2D eigenvalue weighted by Gasteiger charge is 2.65. The molecule has 0 saturated heterocycles. The third-order valence-electron chi connectivity index (χ3n) is 5.50. The van der Waals surface area contributed by atoms with Crippen molar-refractivity contribution < 1.29 is 19.4 Å². The molecule has 0 amide bonds. The van der Waals surface area contributed by atoms with Crippen molar-refractivity contribution in [2.45, 2.75) is 63.4 Å². The molecule has 2 N–H and O–H groups in total. The van der Waals surface area contributed by atoms with Crippen LogP contribution in [0.15, 0.2) is 41.6 Å². The molecule has 0 unspecified atom stereocenters. The molecule has 0 bridgehead atoms. The molecule has 1 aromatic carbocycles. The Morgan fingerprint density at radius 3 is 2.36 bits per heavy atom. The van der Waals surface area contributed by atoms with Gasteiger partial charge in [-0.1, -0.05) is 63.1 Å². The Hall–Kier alpha value is -2.38. The lowest BCUT2D eigenvalue weighted by molar-refractivity contribution is 0.364. The summed E-state index contributed by atoms with van der Waals surface area (Å²) in [5.41, 5.74) is 6.37. The molecule has 3 rings (SSSR count). The SMILES string of the molecule is Cc1cc(S(F)(F)(F)(F)F)ccc1N(Cc1nn(CCCC[Si](C)(C)C)cc1Cl)c1ccnc(N)n1. The number of rotatable bonds is 10. The summed E-state index contributed by atoms with van der Waals surface area (Å²) in [6, 6.07) is 4.51. The minimum absolute atomic E-state index is 0.0216. The van der Waals surface area contributed by atoms with E-state index in [9.17, 15) is 19.4 Å². The van der Waals surface area contributed by atoms with Crippen molar-refractivity contribution >= 4 is 47.4 Å². The van der Waals surface area contributed by atoms with Crippen molar-refractivity contribution in [1.82, 2.24) is 19.7 Å². The predicted molar refractivity (Wildman–Crippen MR) is 139 cm³/mol.